The van der Waals surface area contributed by atoms with Crippen molar-refractivity contribution in [2.75, 3.05) is 0 Å². The monoisotopic (exact) mass is 198 g/mol. The van der Waals surface area contributed by atoms with E-state index in [-0.39, 0.29) is 5.92 Å². The van der Waals surface area contributed by atoms with Crippen LogP contribution in [0.25, 0.3) is 11.6 Å². The molecule has 0 bridgehead atoms. The molecule has 0 saturated heterocycles. The minimum absolute atomic E-state index is 0.227. The van der Waals surface area contributed by atoms with Crippen LogP contribution in [0.4, 0.5) is 0 Å². The Morgan fingerprint density at radius 2 is 2.07 bits per heavy atom. The number of rotatable bonds is 0. The first-order valence-corrected chi connectivity index (χ1v) is 5.67. The highest BCUT2D eigenvalue weighted by Gasteiger charge is 2.28. The molecule has 1 atom stereocenters. The number of hydrogen-bond acceptors (Lipinski definition) is 1. The fraction of sp³-hybridized carbons (Fsp3) is 0.357. The van der Waals surface area contributed by atoms with Crippen molar-refractivity contribution in [3.05, 3.63) is 34.7 Å². The normalized spacial score (nSPS) is 24.1. The number of ketones is 1. The highest BCUT2D eigenvalue weighted by molar-refractivity contribution is 5.94. The Kier molecular flexibility index (Phi) is 1.98. The lowest BCUT2D eigenvalue weighted by Crippen LogP contribution is -2.26. The summed E-state index contributed by atoms with van der Waals surface area (Å²) in [5.41, 5.74) is 1.39. The number of carbonyl (C=O) groups excluding carboxylic acids is 1. The standard InChI is InChI=1S/C14H14O/c15-14-9-8-10-4-1-2-5-11(10)12-6-3-7-13(12)14/h1-2,4-5,8,13H,3,6-7,9H2. The van der Waals surface area contributed by atoms with E-state index in [0.717, 1.165) is 12.8 Å². The van der Waals surface area contributed by atoms with Gasteiger partial charge in [-0.25, -0.2) is 0 Å². The van der Waals surface area contributed by atoms with E-state index < -0.39 is 0 Å². The third kappa shape index (κ3) is 1.34. The van der Waals surface area contributed by atoms with Gasteiger partial charge in [0.25, 0.3) is 0 Å². The largest absolute Gasteiger partial charge is 0.299 e. The molecular formula is C14H14O. The van der Waals surface area contributed by atoms with Crippen molar-refractivity contribution in [3.8, 4) is 0 Å². The number of hydrogen-bond donors (Lipinski definition) is 0. The molecule has 1 nitrogen and oxygen atoms in total. The molecule has 2 aliphatic carbocycles. The third-order valence-corrected chi connectivity index (χ3v) is 3.58. The van der Waals surface area contributed by atoms with E-state index in [0.29, 0.717) is 12.2 Å². The Balaban J connectivity index is 2.38. The van der Waals surface area contributed by atoms with Crippen molar-refractivity contribution >= 4 is 17.4 Å². The molecule has 0 aliphatic heterocycles. The molecule has 1 unspecified atom stereocenters. The van der Waals surface area contributed by atoms with E-state index in [9.17, 15) is 4.79 Å². The highest BCUT2D eigenvalue weighted by Crippen LogP contribution is 2.33. The van der Waals surface area contributed by atoms with Gasteiger partial charge in [-0.1, -0.05) is 35.9 Å². The van der Waals surface area contributed by atoms with E-state index >= 15 is 0 Å². The zero-order valence-electron chi connectivity index (χ0n) is 8.70. The van der Waals surface area contributed by atoms with Crippen molar-refractivity contribution in [1.29, 1.82) is 0 Å². The average molecular weight is 198 g/mol. The van der Waals surface area contributed by atoms with Crippen LogP contribution in [0.15, 0.2) is 24.3 Å². The van der Waals surface area contributed by atoms with Crippen molar-refractivity contribution in [2.45, 2.75) is 25.7 Å². The molecule has 0 spiro atoms. The Labute approximate surface area is 89.1 Å². The van der Waals surface area contributed by atoms with Crippen molar-refractivity contribution in [3.63, 3.8) is 0 Å². The molecule has 1 saturated carbocycles. The van der Waals surface area contributed by atoms with E-state index in [1.54, 1.807) is 0 Å². The second-order valence-electron chi connectivity index (χ2n) is 4.43. The quantitative estimate of drug-likeness (QED) is 0.615. The first-order valence-electron chi connectivity index (χ1n) is 5.67. The summed E-state index contributed by atoms with van der Waals surface area (Å²) >= 11 is 0. The minimum atomic E-state index is 0.227. The van der Waals surface area contributed by atoms with Crippen LogP contribution in [0.1, 0.15) is 25.7 Å². The smallest absolute Gasteiger partial charge is 0.143 e. The van der Waals surface area contributed by atoms with Crippen LogP contribution in [0, 0.1) is 5.92 Å². The van der Waals surface area contributed by atoms with Crippen LogP contribution >= 0.6 is 0 Å². The van der Waals surface area contributed by atoms with Crippen molar-refractivity contribution in [1.82, 2.24) is 0 Å². The van der Waals surface area contributed by atoms with Gasteiger partial charge in [0.1, 0.15) is 5.78 Å². The van der Waals surface area contributed by atoms with Crippen molar-refractivity contribution in [2.24, 2.45) is 5.92 Å². The van der Waals surface area contributed by atoms with Crippen LogP contribution < -0.4 is 10.4 Å². The summed E-state index contributed by atoms with van der Waals surface area (Å²) in [4.78, 5) is 11.9. The predicted octanol–water partition coefficient (Wildman–Crippen LogP) is 1.39. The first kappa shape index (κ1) is 8.90. The topological polar surface area (TPSA) is 17.1 Å². The molecular weight excluding hydrogens is 184 g/mol. The average Bonchev–Trinajstić information content (AvgIpc) is 2.71. The Bertz CT molecular complexity index is 525. The molecule has 15 heavy (non-hydrogen) atoms. The van der Waals surface area contributed by atoms with Gasteiger partial charge < -0.3 is 0 Å². The van der Waals surface area contributed by atoms with Crippen LogP contribution in [-0.4, -0.2) is 5.78 Å². The van der Waals surface area contributed by atoms with Gasteiger partial charge in [0.2, 0.25) is 0 Å². The fourth-order valence-corrected chi connectivity index (χ4v) is 2.84. The number of carbonyl (C=O) groups is 1. The number of benzene rings is 1. The van der Waals surface area contributed by atoms with Gasteiger partial charge in [0.05, 0.1) is 0 Å². The number of Topliss-reactive ketones (excluding diaryl/α,β-unsaturated/α-hetero) is 1. The molecule has 3 rings (SSSR count). The maximum Gasteiger partial charge on any atom is 0.143 e. The molecule has 2 aliphatic rings. The molecule has 0 radical (unpaired) electrons. The molecule has 0 amide bonds. The van der Waals surface area contributed by atoms with Crippen LogP contribution in [0.2, 0.25) is 0 Å². The van der Waals surface area contributed by atoms with Crippen molar-refractivity contribution < 1.29 is 4.79 Å². The van der Waals surface area contributed by atoms with Crippen LogP contribution in [0.3, 0.4) is 0 Å². The predicted molar refractivity (Wildman–Crippen MR) is 60.5 cm³/mol. The molecule has 1 aromatic rings. The SMILES string of the molecule is O=C1CC=c2ccccc2=C2CCCC12. The Morgan fingerprint density at radius 3 is 3.00 bits per heavy atom. The summed E-state index contributed by atoms with van der Waals surface area (Å²) in [7, 11) is 0. The Hall–Kier alpha value is -1.37. The van der Waals surface area contributed by atoms with E-state index in [4.69, 9.17) is 0 Å². The summed E-state index contributed by atoms with van der Waals surface area (Å²) in [6, 6.07) is 8.41. The summed E-state index contributed by atoms with van der Waals surface area (Å²) in [5, 5.41) is 2.58. The third-order valence-electron chi connectivity index (χ3n) is 3.58. The lowest BCUT2D eigenvalue weighted by molar-refractivity contribution is -0.120. The van der Waals surface area contributed by atoms with Crippen LogP contribution in [0.5, 0.6) is 0 Å². The zero-order valence-corrected chi connectivity index (χ0v) is 8.70. The first-order chi connectivity index (χ1) is 7.36. The van der Waals surface area contributed by atoms with Gasteiger partial charge in [-0.15, -0.1) is 0 Å². The molecule has 0 N–H and O–H groups in total. The zero-order chi connectivity index (χ0) is 10.3. The molecule has 1 fully saturated rings. The second kappa shape index (κ2) is 3.34. The Morgan fingerprint density at radius 1 is 1.20 bits per heavy atom. The molecule has 76 valence electrons. The summed E-state index contributed by atoms with van der Waals surface area (Å²) in [5.74, 6) is 0.642. The molecule has 1 heteroatoms. The van der Waals surface area contributed by atoms with E-state index in [2.05, 4.69) is 30.3 Å². The van der Waals surface area contributed by atoms with Gasteiger partial charge >= 0.3 is 0 Å². The highest BCUT2D eigenvalue weighted by atomic mass is 16.1. The molecule has 1 aromatic carbocycles. The summed E-state index contributed by atoms with van der Waals surface area (Å²) < 4.78 is 0. The maximum atomic E-state index is 11.9. The summed E-state index contributed by atoms with van der Waals surface area (Å²) in [6.45, 7) is 0. The molecule has 0 aromatic heterocycles. The van der Waals surface area contributed by atoms with E-state index in [1.807, 2.05) is 0 Å². The lowest BCUT2D eigenvalue weighted by atomic mass is 9.96. The molecule has 0 heterocycles. The summed E-state index contributed by atoms with van der Waals surface area (Å²) in [6.07, 6.45) is 6.06. The fourth-order valence-electron chi connectivity index (χ4n) is 2.84. The maximum absolute atomic E-state index is 11.9. The van der Waals surface area contributed by atoms with Gasteiger partial charge in [-0.05, 0) is 29.7 Å². The van der Waals surface area contributed by atoms with Gasteiger partial charge in [-0.2, -0.15) is 0 Å². The lowest BCUT2D eigenvalue weighted by Gasteiger charge is -2.07. The minimum Gasteiger partial charge on any atom is -0.299 e. The van der Waals surface area contributed by atoms with E-state index in [1.165, 1.54) is 22.4 Å². The van der Waals surface area contributed by atoms with Gasteiger partial charge in [-0.3, -0.25) is 4.79 Å². The van der Waals surface area contributed by atoms with Crippen LogP contribution in [-0.2, 0) is 4.79 Å². The van der Waals surface area contributed by atoms with Gasteiger partial charge in [0, 0.05) is 12.3 Å². The number of fused-ring (bicyclic) bond motifs is 2. The van der Waals surface area contributed by atoms with Gasteiger partial charge in [0.15, 0.2) is 0 Å². The second-order valence-corrected chi connectivity index (χ2v) is 4.43.